The van der Waals surface area contributed by atoms with Gasteiger partial charge in [-0.15, -0.1) is 0 Å². The maximum atomic E-state index is 4.90. The van der Waals surface area contributed by atoms with Crippen LogP contribution in [0.2, 0.25) is 0 Å². The average Bonchev–Trinajstić information content (AvgIpc) is 3.76. The number of allylic oxidation sites excluding steroid dienone is 4. The van der Waals surface area contributed by atoms with E-state index >= 15 is 0 Å². The minimum Gasteiger partial charge on any atom is -0.309 e. The fourth-order valence-corrected chi connectivity index (χ4v) is 14.3. The molecule has 79 heavy (non-hydrogen) atoms. The van der Waals surface area contributed by atoms with E-state index in [1.807, 2.05) is 0 Å². The van der Waals surface area contributed by atoms with E-state index in [-0.39, 0.29) is 0 Å². The fraction of sp³-hybridized carbons (Fsp3) is 0.0256. The van der Waals surface area contributed by atoms with E-state index in [4.69, 9.17) is 6.58 Å². The van der Waals surface area contributed by atoms with Crippen LogP contribution in [-0.2, 0) is 5.41 Å². The molecule has 1 spiro atoms. The number of anilines is 2. The minimum atomic E-state index is -0.810. The third-order valence-corrected chi connectivity index (χ3v) is 17.4. The number of benzene rings is 14. The van der Waals surface area contributed by atoms with Crippen LogP contribution in [0.4, 0.5) is 11.4 Å². The van der Waals surface area contributed by atoms with E-state index in [2.05, 4.69) is 291 Å². The maximum absolute atomic E-state index is 4.90. The SMILES string of the molecule is C=CC1=C(/C=C\C)N(c2c3ccccc3c(-c3cccc4ccccc34)c3ccccc23)c2ccccc2C12c1cc(-c3c4ccccc4cc4ccccc34)ccc1-c1ccc(-c3c4ccccc4cc4ccccc34)cc12. The molecule has 368 valence electrons. The van der Waals surface area contributed by atoms with Gasteiger partial charge in [-0.05, 0) is 175 Å². The zero-order chi connectivity index (χ0) is 52.3. The molecule has 0 aromatic heterocycles. The highest BCUT2D eigenvalue weighted by atomic mass is 15.2. The van der Waals surface area contributed by atoms with Crippen molar-refractivity contribution in [2.45, 2.75) is 12.3 Å². The number of hydrogen-bond donors (Lipinski definition) is 0. The Balaban J connectivity index is 1.05. The van der Waals surface area contributed by atoms with Gasteiger partial charge in [-0.25, -0.2) is 0 Å². The molecular weight excluding hydrogens is 951 g/mol. The zero-order valence-corrected chi connectivity index (χ0v) is 43.7. The summed E-state index contributed by atoms with van der Waals surface area (Å²) in [7, 11) is 0. The first kappa shape index (κ1) is 45.1. The molecule has 1 heteroatoms. The second-order valence-electron chi connectivity index (χ2n) is 21.4. The Morgan fingerprint density at radius 2 is 0.759 bits per heavy atom. The van der Waals surface area contributed by atoms with Gasteiger partial charge in [0.1, 0.15) is 0 Å². The van der Waals surface area contributed by atoms with Crippen molar-refractivity contribution in [1.82, 2.24) is 0 Å². The van der Waals surface area contributed by atoms with Crippen LogP contribution < -0.4 is 4.90 Å². The topological polar surface area (TPSA) is 3.24 Å². The molecule has 2 aliphatic rings. The Morgan fingerprint density at radius 3 is 1.25 bits per heavy atom. The van der Waals surface area contributed by atoms with Gasteiger partial charge in [-0.1, -0.05) is 249 Å². The van der Waals surface area contributed by atoms with Crippen LogP contribution in [0, 0.1) is 0 Å². The molecule has 16 rings (SSSR count). The standard InChI is InChI=1S/C78H51N/c1-3-22-72-68(4-2)78(69-39-19-20-40-73(69)79(72)77-66-36-17-15-34-64(66)76(65-35-16-18-37-67(65)77)63-38-21-28-49-23-5-10-29-56(49)63)70-47-54(74-57-30-11-6-24-50(57)45-51-25-7-12-31-58(51)74)41-43-61(70)62-44-42-55(48-71(62)78)75-59-32-13-8-26-52(59)46-53-27-9-14-33-60(53)75/h3-48H,2H2,1H3/b22-3-. The lowest BCUT2D eigenvalue weighted by atomic mass is 9.63. The van der Waals surface area contributed by atoms with E-state index in [9.17, 15) is 0 Å². The summed E-state index contributed by atoms with van der Waals surface area (Å²) in [6.45, 7) is 7.05. The molecule has 0 radical (unpaired) electrons. The van der Waals surface area contributed by atoms with Gasteiger partial charge < -0.3 is 4.90 Å². The summed E-state index contributed by atoms with van der Waals surface area (Å²) < 4.78 is 0. The van der Waals surface area contributed by atoms with Crippen LogP contribution in [0.15, 0.2) is 297 Å². The predicted molar refractivity (Wildman–Crippen MR) is 338 cm³/mol. The maximum Gasteiger partial charge on any atom is 0.0754 e. The molecule has 1 aliphatic carbocycles. The van der Waals surface area contributed by atoms with Gasteiger partial charge in [-0.2, -0.15) is 0 Å². The zero-order valence-electron chi connectivity index (χ0n) is 43.7. The molecule has 0 fully saturated rings. The highest BCUT2D eigenvalue weighted by molar-refractivity contribution is 6.24. The molecule has 1 nitrogen and oxygen atoms in total. The van der Waals surface area contributed by atoms with Crippen molar-refractivity contribution in [3.8, 4) is 44.5 Å². The van der Waals surface area contributed by atoms with Gasteiger partial charge in [0.2, 0.25) is 0 Å². The van der Waals surface area contributed by atoms with Crippen LogP contribution in [0.5, 0.6) is 0 Å². The van der Waals surface area contributed by atoms with Crippen LogP contribution in [-0.4, -0.2) is 0 Å². The smallest absolute Gasteiger partial charge is 0.0754 e. The van der Waals surface area contributed by atoms with Crippen molar-refractivity contribution < 1.29 is 0 Å². The molecule has 0 saturated heterocycles. The first-order valence-corrected chi connectivity index (χ1v) is 27.6. The summed E-state index contributed by atoms with van der Waals surface area (Å²) >= 11 is 0. The fourth-order valence-electron chi connectivity index (χ4n) is 14.3. The normalized spacial score (nSPS) is 13.7. The third-order valence-electron chi connectivity index (χ3n) is 17.4. The van der Waals surface area contributed by atoms with E-state index in [1.165, 1.54) is 137 Å². The molecule has 14 aromatic carbocycles. The number of fused-ring (bicyclic) bond motifs is 14. The summed E-state index contributed by atoms with van der Waals surface area (Å²) in [6.07, 6.45) is 6.75. The predicted octanol–water partition coefficient (Wildman–Crippen LogP) is 21.2. The summed E-state index contributed by atoms with van der Waals surface area (Å²) in [5.41, 5.74) is 17.2. The van der Waals surface area contributed by atoms with Crippen molar-refractivity contribution in [3.63, 3.8) is 0 Å². The summed E-state index contributed by atoms with van der Waals surface area (Å²) in [4.78, 5) is 2.58. The third kappa shape index (κ3) is 6.39. The van der Waals surface area contributed by atoms with Gasteiger partial charge in [-0.3, -0.25) is 0 Å². The molecule has 14 aromatic rings. The first-order valence-electron chi connectivity index (χ1n) is 27.6. The van der Waals surface area contributed by atoms with Gasteiger partial charge in [0, 0.05) is 10.8 Å². The lowest BCUT2D eigenvalue weighted by Gasteiger charge is -2.46. The van der Waals surface area contributed by atoms with Crippen molar-refractivity contribution in [2.75, 3.05) is 4.90 Å². The number of hydrogen-bond acceptors (Lipinski definition) is 1. The summed E-state index contributed by atoms with van der Waals surface area (Å²) in [5, 5.41) is 17.1. The Hall–Kier alpha value is -10.1. The molecule has 0 amide bonds. The second kappa shape index (κ2) is 17.5. The van der Waals surface area contributed by atoms with Gasteiger partial charge in [0.05, 0.1) is 22.5 Å². The van der Waals surface area contributed by atoms with Crippen molar-refractivity contribution in [2.24, 2.45) is 0 Å². The molecule has 0 bridgehead atoms. The average molecular weight is 1000 g/mol. The van der Waals surface area contributed by atoms with E-state index in [1.54, 1.807) is 0 Å². The summed E-state index contributed by atoms with van der Waals surface area (Å²) in [6, 6.07) is 97.8. The molecule has 1 aliphatic heterocycles. The Bertz CT molecular complexity index is 4670. The Morgan fingerprint density at radius 1 is 0.342 bits per heavy atom. The molecule has 0 unspecified atom stereocenters. The Kier molecular flexibility index (Phi) is 9.99. The largest absolute Gasteiger partial charge is 0.309 e. The first-order chi connectivity index (χ1) is 39.1. The van der Waals surface area contributed by atoms with Crippen molar-refractivity contribution in [3.05, 3.63) is 314 Å². The van der Waals surface area contributed by atoms with E-state index in [0.29, 0.717) is 0 Å². The lowest BCUT2D eigenvalue weighted by molar-refractivity contribution is 0.739. The van der Waals surface area contributed by atoms with E-state index < -0.39 is 5.41 Å². The van der Waals surface area contributed by atoms with Crippen LogP contribution in [0.1, 0.15) is 23.6 Å². The van der Waals surface area contributed by atoms with Gasteiger partial charge in [0.15, 0.2) is 0 Å². The number of nitrogens with zero attached hydrogens (tertiary/aromatic N) is 1. The lowest BCUT2D eigenvalue weighted by Crippen LogP contribution is -2.38. The van der Waals surface area contributed by atoms with Crippen LogP contribution in [0.3, 0.4) is 0 Å². The molecule has 0 saturated carbocycles. The highest BCUT2D eigenvalue weighted by Gasteiger charge is 2.52. The monoisotopic (exact) mass is 1000 g/mol. The number of para-hydroxylation sites is 1. The number of rotatable bonds is 6. The molecular formula is C78H51N. The molecule has 1 heterocycles. The quantitative estimate of drug-likeness (QED) is 0.150. The van der Waals surface area contributed by atoms with Gasteiger partial charge >= 0.3 is 0 Å². The van der Waals surface area contributed by atoms with Crippen LogP contribution in [0.25, 0.3) is 120 Å². The van der Waals surface area contributed by atoms with Crippen molar-refractivity contribution >= 4 is 86.8 Å². The second-order valence-corrected chi connectivity index (χ2v) is 21.4. The summed E-state index contributed by atoms with van der Waals surface area (Å²) in [5.74, 6) is 0. The molecule has 0 atom stereocenters. The Labute approximate surface area is 459 Å². The highest BCUT2D eigenvalue weighted by Crippen LogP contribution is 2.64. The molecule has 0 N–H and O–H groups in total. The van der Waals surface area contributed by atoms with Gasteiger partial charge in [0.25, 0.3) is 0 Å². The van der Waals surface area contributed by atoms with Crippen molar-refractivity contribution in [1.29, 1.82) is 0 Å². The van der Waals surface area contributed by atoms with E-state index in [0.717, 1.165) is 22.6 Å². The van der Waals surface area contributed by atoms with Crippen LogP contribution >= 0.6 is 0 Å². The minimum absolute atomic E-state index is 0.810.